The zero-order valence-electron chi connectivity index (χ0n) is 12.3. The van der Waals surface area contributed by atoms with Crippen molar-refractivity contribution in [2.75, 3.05) is 13.1 Å². The van der Waals surface area contributed by atoms with Gasteiger partial charge in [-0.2, -0.15) is 5.10 Å². The van der Waals surface area contributed by atoms with Crippen LogP contribution in [-0.2, 0) is 17.8 Å². The van der Waals surface area contributed by atoms with Gasteiger partial charge in [-0.15, -0.1) is 24.8 Å². The Hall–Kier alpha value is -1.56. The molecule has 0 aliphatic heterocycles. The van der Waals surface area contributed by atoms with Crippen LogP contribution >= 0.6 is 24.8 Å². The second kappa shape index (κ2) is 11.1. The van der Waals surface area contributed by atoms with Gasteiger partial charge in [0, 0.05) is 25.0 Å². The summed E-state index contributed by atoms with van der Waals surface area (Å²) in [5.74, 6) is 0.0894. The number of aromatic amines is 1. The molecule has 122 valence electrons. The maximum Gasteiger partial charge on any atom is 0.228 e. The van der Waals surface area contributed by atoms with Crippen molar-refractivity contribution in [1.82, 2.24) is 15.1 Å². The molecule has 2 rings (SSSR count). The van der Waals surface area contributed by atoms with E-state index in [0.29, 0.717) is 26.1 Å². The van der Waals surface area contributed by atoms with Crippen LogP contribution in [-0.4, -0.2) is 34.1 Å². The third-order valence-electron chi connectivity index (χ3n) is 3.10. The highest BCUT2D eigenvalue weighted by Crippen LogP contribution is 2.07. The molecule has 1 amide bonds. The second-order valence-electron chi connectivity index (χ2n) is 4.70. The van der Waals surface area contributed by atoms with Crippen molar-refractivity contribution in [3.05, 3.63) is 53.9 Å². The Morgan fingerprint density at radius 1 is 1.18 bits per heavy atom. The molecule has 1 aromatic carbocycles. The van der Waals surface area contributed by atoms with Crippen molar-refractivity contribution >= 4 is 30.7 Å². The van der Waals surface area contributed by atoms with Crippen molar-refractivity contribution in [2.24, 2.45) is 5.73 Å². The SMILES string of the molecule is Cl.Cl.NCCCN(Cc1ccccc1)C(=O)Cc1ccn[nH]1. The average Bonchev–Trinajstić information content (AvgIpc) is 2.97. The minimum atomic E-state index is 0. The van der Waals surface area contributed by atoms with E-state index in [9.17, 15) is 4.79 Å². The van der Waals surface area contributed by atoms with E-state index in [1.165, 1.54) is 0 Å². The molecule has 0 saturated carbocycles. The summed E-state index contributed by atoms with van der Waals surface area (Å²) >= 11 is 0. The van der Waals surface area contributed by atoms with Gasteiger partial charge in [0.2, 0.25) is 5.91 Å². The zero-order chi connectivity index (χ0) is 14.2. The maximum absolute atomic E-state index is 12.4. The molecule has 5 nitrogen and oxygen atoms in total. The predicted octanol–water partition coefficient (Wildman–Crippen LogP) is 2.17. The van der Waals surface area contributed by atoms with Crippen LogP contribution in [0.2, 0.25) is 0 Å². The van der Waals surface area contributed by atoms with Crippen LogP contribution in [0, 0.1) is 0 Å². The second-order valence-corrected chi connectivity index (χ2v) is 4.70. The minimum Gasteiger partial charge on any atom is -0.338 e. The Balaban J connectivity index is 0.00000220. The summed E-state index contributed by atoms with van der Waals surface area (Å²) in [5.41, 5.74) is 7.51. The maximum atomic E-state index is 12.4. The molecule has 0 aliphatic rings. The Labute approximate surface area is 143 Å². The molecule has 0 radical (unpaired) electrons. The van der Waals surface area contributed by atoms with E-state index in [1.807, 2.05) is 41.3 Å². The number of hydrogen-bond donors (Lipinski definition) is 2. The fourth-order valence-electron chi connectivity index (χ4n) is 2.04. The average molecular weight is 345 g/mol. The fourth-order valence-corrected chi connectivity index (χ4v) is 2.04. The molecule has 1 heterocycles. The highest BCUT2D eigenvalue weighted by atomic mass is 35.5. The predicted molar refractivity (Wildman–Crippen MR) is 92.3 cm³/mol. The number of carbonyl (C=O) groups is 1. The molecule has 0 saturated heterocycles. The Morgan fingerprint density at radius 2 is 1.91 bits per heavy atom. The number of nitrogens with zero attached hydrogens (tertiary/aromatic N) is 2. The molecule has 2 aromatic rings. The first kappa shape index (κ1) is 20.4. The van der Waals surface area contributed by atoms with Crippen molar-refractivity contribution in [2.45, 2.75) is 19.4 Å². The molecule has 22 heavy (non-hydrogen) atoms. The monoisotopic (exact) mass is 344 g/mol. The first-order valence-electron chi connectivity index (χ1n) is 6.79. The molecule has 0 aliphatic carbocycles. The van der Waals surface area contributed by atoms with Gasteiger partial charge in [0.15, 0.2) is 0 Å². The van der Waals surface area contributed by atoms with Crippen molar-refractivity contribution in [1.29, 1.82) is 0 Å². The lowest BCUT2D eigenvalue weighted by Gasteiger charge is -2.22. The Morgan fingerprint density at radius 3 is 2.50 bits per heavy atom. The normalized spacial score (nSPS) is 9.50. The van der Waals surface area contributed by atoms with Gasteiger partial charge in [0.25, 0.3) is 0 Å². The summed E-state index contributed by atoms with van der Waals surface area (Å²) in [7, 11) is 0. The summed E-state index contributed by atoms with van der Waals surface area (Å²) in [5, 5.41) is 6.69. The number of amides is 1. The van der Waals surface area contributed by atoms with Gasteiger partial charge in [-0.05, 0) is 24.6 Å². The van der Waals surface area contributed by atoms with Crippen molar-refractivity contribution in [3.63, 3.8) is 0 Å². The third kappa shape index (κ3) is 6.47. The Kier molecular flexibility index (Phi) is 10.3. The van der Waals surface area contributed by atoms with E-state index in [1.54, 1.807) is 6.20 Å². The number of aromatic nitrogens is 2. The summed E-state index contributed by atoms with van der Waals surface area (Å²) in [6.07, 6.45) is 2.81. The van der Waals surface area contributed by atoms with Gasteiger partial charge < -0.3 is 10.6 Å². The first-order valence-corrected chi connectivity index (χ1v) is 6.79. The highest BCUT2D eigenvalue weighted by Gasteiger charge is 2.14. The van der Waals surface area contributed by atoms with E-state index in [0.717, 1.165) is 17.7 Å². The van der Waals surface area contributed by atoms with E-state index >= 15 is 0 Å². The van der Waals surface area contributed by atoms with Crippen LogP contribution in [0.25, 0.3) is 0 Å². The van der Waals surface area contributed by atoms with Crippen LogP contribution in [0.4, 0.5) is 0 Å². The van der Waals surface area contributed by atoms with Crippen LogP contribution < -0.4 is 5.73 Å². The highest BCUT2D eigenvalue weighted by molar-refractivity contribution is 5.85. The number of carbonyl (C=O) groups excluding carboxylic acids is 1. The summed E-state index contributed by atoms with van der Waals surface area (Å²) < 4.78 is 0. The van der Waals surface area contributed by atoms with Crippen LogP contribution in [0.15, 0.2) is 42.6 Å². The van der Waals surface area contributed by atoms with E-state index in [-0.39, 0.29) is 30.7 Å². The molecule has 7 heteroatoms. The van der Waals surface area contributed by atoms with E-state index < -0.39 is 0 Å². The summed E-state index contributed by atoms with van der Waals surface area (Å²) in [6.45, 7) is 1.88. The molecular formula is C15H22Cl2N4O. The number of H-pyrrole nitrogens is 1. The smallest absolute Gasteiger partial charge is 0.228 e. The number of rotatable bonds is 7. The molecule has 0 bridgehead atoms. The van der Waals surface area contributed by atoms with Gasteiger partial charge in [0.1, 0.15) is 0 Å². The van der Waals surface area contributed by atoms with Gasteiger partial charge in [-0.1, -0.05) is 30.3 Å². The third-order valence-corrected chi connectivity index (χ3v) is 3.10. The van der Waals surface area contributed by atoms with Crippen LogP contribution in [0.5, 0.6) is 0 Å². The number of halogens is 2. The first-order chi connectivity index (χ1) is 9.79. The van der Waals surface area contributed by atoms with E-state index in [4.69, 9.17) is 5.73 Å². The lowest BCUT2D eigenvalue weighted by Crippen LogP contribution is -2.33. The molecule has 3 N–H and O–H groups in total. The molecule has 0 fully saturated rings. The van der Waals surface area contributed by atoms with Crippen molar-refractivity contribution < 1.29 is 4.79 Å². The van der Waals surface area contributed by atoms with E-state index in [2.05, 4.69) is 10.2 Å². The van der Waals surface area contributed by atoms with Gasteiger partial charge >= 0.3 is 0 Å². The molecule has 1 aromatic heterocycles. The lowest BCUT2D eigenvalue weighted by atomic mass is 10.2. The lowest BCUT2D eigenvalue weighted by molar-refractivity contribution is -0.131. The van der Waals surface area contributed by atoms with Crippen molar-refractivity contribution in [3.8, 4) is 0 Å². The van der Waals surface area contributed by atoms with Crippen LogP contribution in [0.1, 0.15) is 17.7 Å². The zero-order valence-corrected chi connectivity index (χ0v) is 13.9. The Bertz CT molecular complexity index is 520. The largest absolute Gasteiger partial charge is 0.338 e. The van der Waals surface area contributed by atoms with Gasteiger partial charge in [-0.25, -0.2) is 0 Å². The number of benzene rings is 1. The molecule has 0 atom stereocenters. The van der Waals surface area contributed by atoms with Gasteiger partial charge in [0.05, 0.1) is 6.42 Å². The number of nitrogens with two attached hydrogens (primary N) is 1. The number of nitrogens with one attached hydrogen (secondary N) is 1. The standard InChI is InChI=1S/C15H20N4O.2ClH/c16-8-4-10-19(12-13-5-2-1-3-6-13)15(20)11-14-7-9-17-18-14;;/h1-3,5-7,9H,4,8,10-12,16H2,(H,17,18);2*1H. The fraction of sp³-hybridized carbons (Fsp3) is 0.333. The molecule has 0 spiro atoms. The summed E-state index contributed by atoms with van der Waals surface area (Å²) in [6, 6.07) is 11.8. The quantitative estimate of drug-likeness (QED) is 0.808. The van der Waals surface area contributed by atoms with Crippen LogP contribution in [0.3, 0.4) is 0 Å². The molecule has 0 unspecified atom stereocenters. The minimum absolute atomic E-state index is 0. The topological polar surface area (TPSA) is 75.0 Å². The molecular weight excluding hydrogens is 323 g/mol. The van der Waals surface area contributed by atoms with Gasteiger partial charge in [-0.3, -0.25) is 9.89 Å². The number of hydrogen-bond acceptors (Lipinski definition) is 3. The summed E-state index contributed by atoms with van der Waals surface area (Å²) in [4.78, 5) is 14.2.